The van der Waals surface area contributed by atoms with Crippen LogP contribution in [-0.2, 0) is 6.18 Å². The van der Waals surface area contributed by atoms with Crippen molar-refractivity contribution in [1.82, 2.24) is 4.98 Å². The van der Waals surface area contributed by atoms with Gasteiger partial charge in [-0.1, -0.05) is 0 Å². The normalized spacial score (nSPS) is 11.9. The molecule has 0 atom stereocenters. The van der Waals surface area contributed by atoms with E-state index in [1.807, 2.05) is 0 Å². The summed E-state index contributed by atoms with van der Waals surface area (Å²) in [6, 6.07) is 2.54. The molecule has 0 aliphatic heterocycles. The van der Waals surface area contributed by atoms with Crippen LogP contribution in [0.3, 0.4) is 0 Å². The van der Waals surface area contributed by atoms with Crippen molar-refractivity contribution in [2.45, 2.75) is 20.0 Å². The molecule has 0 aliphatic carbocycles. The Morgan fingerprint density at radius 2 is 1.95 bits per heavy atom. The number of hydrogen-bond donors (Lipinski definition) is 1. The maximum Gasteiger partial charge on any atom is 0.433 e. The molecule has 1 N–H and O–H groups in total. The van der Waals surface area contributed by atoms with Crippen molar-refractivity contribution in [2.24, 2.45) is 0 Å². The van der Waals surface area contributed by atoms with Crippen LogP contribution in [-0.4, -0.2) is 11.5 Å². The smallest absolute Gasteiger partial charge is 0.384 e. The van der Waals surface area contributed by atoms with Gasteiger partial charge >= 0.3 is 6.18 Å². The molecule has 0 bridgehead atoms. The van der Waals surface area contributed by atoms with E-state index in [2.05, 4.69) is 26.2 Å². The molecule has 0 amide bonds. The Balaban J connectivity index is 2.95. The molecule has 108 valence electrons. The number of benzene rings is 1. The third kappa shape index (κ3) is 2.46. The first-order chi connectivity index (χ1) is 9.27. The Morgan fingerprint density at radius 1 is 1.30 bits per heavy atom. The Bertz CT molecular complexity index is 668. The summed E-state index contributed by atoms with van der Waals surface area (Å²) in [5, 5.41) is 2.86. The van der Waals surface area contributed by atoms with E-state index in [1.165, 1.54) is 19.1 Å². The minimum atomic E-state index is -4.59. The van der Waals surface area contributed by atoms with Gasteiger partial charge in [-0.05, 0) is 41.9 Å². The number of aromatic nitrogens is 1. The molecule has 0 fully saturated rings. The van der Waals surface area contributed by atoms with Crippen LogP contribution in [0.15, 0.2) is 16.6 Å². The predicted molar refractivity (Wildman–Crippen MR) is 73.3 cm³/mol. The molecule has 0 saturated carbocycles. The van der Waals surface area contributed by atoms with Crippen LogP contribution in [0.5, 0.6) is 0 Å². The maximum absolute atomic E-state index is 14.0. The molecule has 1 aromatic heterocycles. The summed E-state index contributed by atoms with van der Waals surface area (Å²) in [7, 11) is 0. The highest BCUT2D eigenvalue weighted by atomic mass is 79.9. The van der Waals surface area contributed by atoms with Crippen LogP contribution in [0.2, 0.25) is 0 Å². The molecular formula is C13H11BrF4N2. The first-order valence-electron chi connectivity index (χ1n) is 5.86. The topological polar surface area (TPSA) is 24.9 Å². The lowest BCUT2D eigenvalue weighted by Crippen LogP contribution is -2.14. The van der Waals surface area contributed by atoms with Crippen LogP contribution in [0.4, 0.5) is 23.2 Å². The van der Waals surface area contributed by atoms with Gasteiger partial charge in [-0.2, -0.15) is 13.2 Å². The predicted octanol–water partition coefficient (Wildman–Crippen LogP) is 4.90. The molecular weight excluding hydrogens is 340 g/mol. The van der Waals surface area contributed by atoms with Gasteiger partial charge in [0.1, 0.15) is 11.5 Å². The van der Waals surface area contributed by atoms with E-state index in [0.29, 0.717) is 11.0 Å². The first kappa shape index (κ1) is 15.0. The minimum Gasteiger partial charge on any atom is -0.384 e. The number of pyridine rings is 1. The van der Waals surface area contributed by atoms with Gasteiger partial charge < -0.3 is 5.32 Å². The van der Waals surface area contributed by atoms with Gasteiger partial charge in [0, 0.05) is 16.6 Å². The van der Waals surface area contributed by atoms with Crippen LogP contribution < -0.4 is 5.32 Å². The summed E-state index contributed by atoms with van der Waals surface area (Å²) in [5.74, 6) is -0.608. The molecule has 0 saturated heterocycles. The summed E-state index contributed by atoms with van der Waals surface area (Å²) in [6.07, 6.45) is -4.59. The molecule has 2 aromatic rings. The zero-order valence-corrected chi connectivity index (χ0v) is 12.3. The summed E-state index contributed by atoms with van der Waals surface area (Å²) in [4.78, 5) is 3.60. The Morgan fingerprint density at radius 3 is 2.50 bits per heavy atom. The molecule has 0 aliphatic rings. The maximum atomic E-state index is 14.0. The molecule has 1 heterocycles. The van der Waals surface area contributed by atoms with Gasteiger partial charge in [0.15, 0.2) is 0 Å². The second kappa shape index (κ2) is 5.20. The highest BCUT2D eigenvalue weighted by molar-refractivity contribution is 9.10. The van der Waals surface area contributed by atoms with E-state index in [-0.39, 0.29) is 22.2 Å². The van der Waals surface area contributed by atoms with Crippen molar-refractivity contribution >= 4 is 32.5 Å². The number of alkyl halides is 3. The van der Waals surface area contributed by atoms with Gasteiger partial charge in [0.05, 0.1) is 16.6 Å². The van der Waals surface area contributed by atoms with Crippen molar-refractivity contribution in [3.05, 3.63) is 33.7 Å². The molecule has 2 nitrogen and oxygen atoms in total. The number of nitrogens with one attached hydrogen (secondary N) is 1. The first-order valence-corrected chi connectivity index (χ1v) is 6.66. The number of fused-ring (bicyclic) bond motifs is 1. The van der Waals surface area contributed by atoms with Crippen LogP contribution >= 0.6 is 15.9 Å². The Kier molecular flexibility index (Phi) is 3.90. The molecule has 2 rings (SSSR count). The molecule has 7 heteroatoms. The van der Waals surface area contributed by atoms with Gasteiger partial charge in [-0.25, -0.2) is 9.37 Å². The molecule has 0 radical (unpaired) electrons. The van der Waals surface area contributed by atoms with Crippen LogP contribution in [0.1, 0.15) is 18.2 Å². The fourth-order valence-electron chi connectivity index (χ4n) is 2.06. The number of hydrogen-bond acceptors (Lipinski definition) is 2. The largest absolute Gasteiger partial charge is 0.433 e. The minimum absolute atomic E-state index is 0.0427. The van der Waals surface area contributed by atoms with Crippen molar-refractivity contribution in [3.63, 3.8) is 0 Å². The van der Waals surface area contributed by atoms with Crippen molar-refractivity contribution in [1.29, 1.82) is 0 Å². The molecule has 0 spiro atoms. The number of anilines is 1. The fourth-order valence-corrected chi connectivity index (χ4v) is 2.48. The second-order valence-electron chi connectivity index (χ2n) is 4.24. The average Bonchev–Trinajstić information content (AvgIpc) is 2.35. The number of nitrogens with zero attached hydrogens (tertiary/aromatic N) is 1. The van der Waals surface area contributed by atoms with Crippen molar-refractivity contribution in [2.75, 3.05) is 11.9 Å². The van der Waals surface area contributed by atoms with E-state index in [1.54, 1.807) is 6.92 Å². The summed E-state index contributed by atoms with van der Waals surface area (Å²) >= 11 is 3.12. The van der Waals surface area contributed by atoms with E-state index >= 15 is 0 Å². The third-order valence-electron chi connectivity index (χ3n) is 2.90. The van der Waals surface area contributed by atoms with E-state index < -0.39 is 17.7 Å². The Hall–Kier alpha value is -1.37. The summed E-state index contributed by atoms with van der Waals surface area (Å²) in [5.41, 5.74) is -1.03. The van der Waals surface area contributed by atoms with E-state index in [4.69, 9.17) is 0 Å². The van der Waals surface area contributed by atoms with E-state index in [0.717, 1.165) is 0 Å². The quantitative estimate of drug-likeness (QED) is 0.779. The lowest BCUT2D eigenvalue weighted by molar-refractivity contribution is -0.141. The lowest BCUT2D eigenvalue weighted by Gasteiger charge is -2.17. The van der Waals surface area contributed by atoms with Gasteiger partial charge in [0.25, 0.3) is 0 Å². The lowest BCUT2D eigenvalue weighted by atomic mass is 10.1. The van der Waals surface area contributed by atoms with Crippen molar-refractivity contribution in [3.8, 4) is 0 Å². The molecule has 0 unspecified atom stereocenters. The van der Waals surface area contributed by atoms with Gasteiger partial charge in [0.2, 0.25) is 0 Å². The second-order valence-corrected chi connectivity index (χ2v) is 5.10. The van der Waals surface area contributed by atoms with Crippen LogP contribution in [0, 0.1) is 12.7 Å². The number of rotatable bonds is 2. The molecule has 20 heavy (non-hydrogen) atoms. The summed E-state index contributed by atoms with van der Waals surface area (Å²) in [6.45, 7) is 3.39. The average molecular weight is 351 g/mol. The van der Waals surface area contributed by atoms with Crippen LogP contribution in [0.25, 0.3) is 10.9 Å². The fraction of sp³-hybridized carbons (Fsp3) is 0.308. The number of halogens is 5. The monoisotopic (exact) mass is 350 g/mol. The summed E-state index contributed by atoms with van der Waals surface area (Å²) < 4.78 is 53.4. The van der Waals surface area contributed by atoms with E-state index in [9.17, 15) is 17.6 Å². The van der Waals surface area contributed by atoms with Gasteiger partial charge in [-0.3, -0.25) is 0 Å². The highest BCUT2D eigenvalue weighted by Crippen LogP contribution is 2.39. The molecule has 1 aromatic carbocycles. The SMILES string of the molecule is CCNc1c(C)c(C(F)(F)F)nc2c(Br)ccc(F)c12. The standard InChI is InChI=1S/C13H11BrF4N2/c1-3-19-10-6(2)12(13(16,17)18)20-11-7(14)4-5-8(15)9(10)11/h4-5H,3H2,1-2H3,(H,19,20). The zero-order valence-electron chi connectivity index (χ0n) is 10.7. The zero-order chi connectivity index (χ0) is 15.1. The Labute approximate surface area is 121 Å². The third-order valence-corrected chi connectivity index (χ3v) is 3.54. The van der Waals surface area contributed by atoms with Gasteiger partial charge in [-0.15, -0.1) is 0 Å². The van der Waals surface area contributed by atoms with Crippen molar-refractivity contribution < 1.29 is 17.6 Å². The highest BCUT2D eigenvalue weighted by Gasteiger charge is 2.36.